The molecule has 0 unspecified atom stereocenters. The van der Waals surface area contributed by atoms with Crippen molar-refractivity contribution in [2.75, 3.05) is 5.32 Å². The first-order valence-electron chi connectivity index (χ1n) is 7.12. The van der Waals surface area contributed by atoms with Gasteiger partial charge in [0.15, 0.2) is 0 Å². The summed E-state index contributed by atoms with van der Waals surface area (Å²) >= 11 is 0. The molecule has 122 valence electrons. The van der Waals surface area contributed by atoms with Gasteiger partial charge in [-0.15, -0.1) is 0 Å². The third-order valence-corrected chi connectivity index (χ3v) is 3.28. The first-order chi connectivity index (χ1) is 11.4. The van der Waals surface area contributed by atoms with Crippen molar-refractivity contribution in [3.8, 4) is 11.3 Å². The van der Waals surface area contributed by atoms with Gasteiger partial charge in [0.25, 0.3) is 0 Å². The molecule has 0 spiro atoms. The molecule has 1 N–H and O–H groups in total. The minimum atomic E-state index is -4.39. The summed E-state index contributed by atoms with van der Waals surface area (Å²) in [4.78, 5) is 12.4. The summed E-state index contributed by atoms with van der Waals surface area (Å²) in [6, 6.07) is 10.2. The molecule has 0 aliphatic rings. The minimum Gasteiger partial charge on any atom is -0.340 e. The van der Waals surface area contributed by atoms with Gasteiger partial charge in [-0.25, -0.2) is 9.97 Å². The normalized spacial score (nSPS) is 11.3. The molecule has 2 aromatic heterocycles. The number of pyridine rings is 1. The van der Waals surface area contributed by atoms with Gasteiger partial charge in [-0.05, 0) is 31.2 Å². The van der Waals surface area contributed by atoms with E-state index in [4.69, 9.17) is 0 Å². The highest BCUT2D eigenvalue weighted by molar-refractivity contribution is 5.66. The number of benzene rings is 1. The van der Waals surface area contributed by atoms with Gasteiger partial charge in [0.2, 0.25) is 0 Å². The summed E-state index contributed by atoms with van der Waals surface area (Å²) in [5.41, 5.74) is 0.872. The lowest BCUT2D eigenvalue weighted by Crippen LogP contribution is -2.05. The number of anilines is 2. The Kier molecular flexibility index (Phi) is 4.16. The maximum absolute atomic E-state index is 12.9. The lowest BCUT2D eigenvalue weighted by molar-refractivity contribution is -0.137. The summed E-state index contributed by atoms with van der Waals surface area (Å²) < 4.78 is 38.6. The van der Waals surface area contributed by atoms with Gasteiger partial charge in [0.05, 0.1) is 11.3 Å². The number of nitrogens with zero attached hydrogens (tertiary/aromatic N) is 3. The molecule has 24 heavy (non-hydrogen) atoms. The second-order valence-electron chi connectivity index (χ2n) is 5.13. The SMILES string of the molecule is Cc1nc(Nc2ccncc2)cc(-c2cccc(C(F)(F)F)c2)n1. The van der Waals surface area contributed by atoms with Crippen molar-refractivity contribution in [1.29, 1.82) is 0 Å². The van der Waals surface area contributed by atoms with Crippen LogP contribution in [-0.4, -0.2) is 15.0 Å². The fourth-order valence-corrected chi connectivity index (χ4v) is 2.22. The Balaban J connectivity index is 1.97. The number of hydrogen-bond acceptors (Lipinski definition) is 4. The molecule has 0 fully saturated rings. The van der Waals surface area contributed by atoms with Crippen LogP contribution in [0.2, 0.25) is 0 Å². The van der Waals surface area contributed by atoms with Crippen molar-refractivity contribution in [1.82, 2.24) is 15.0 Å². The van der Waals surface area contributed by atoms with Crippen LogP contribution in [0, 0.1) is 6.92 Å². The van der Waals surface area contributed by atoms with Crippen molar-refractivity contribution in [2.24, 2.45) is 0 Å². The molecule has 0 saturated carbocycles. The number of aryl methyl sites for hydroxylation is 1. The van der Waals surface area contributed by atoms with Gasteiger partial charge in [-0.2, -0.15) is 13.2 Å². The molecule has 0 aliphatic carbocycles. The van der Waals surface area contributed by atoms with E-state index < -0.39 is 11.7 Å². The van der Waals surface area contributed by atoms with E-state index in [2.05, 4.69) is 20.3 Å². The first-order valence-corrected chi connectivity index (χ1v) is 7.12. The number of aromatic nitrogens is 3. The molecule has 4 nitrogen and oxygen atoms in total. The molecule has 3 aromatic rings. The number of nitrogens with one attached hydrogen (secondary N) is 1. The molecule has 0 atom stereocenters. The Morgan fingerprint density at radius 2 is 1.71 bits per heavy atom. The maximum atomic E-state index is 12.9. The van der Waals surface area contributed by atoms with Gasteiger partial charge < -0.3 is 5.32 Å². The van der Waals surface area contributed by atoms with Gasteiger partial charge in [0.1, 0.15) is 11.6 Å². The molecule has 1 aromatic carbocycles. The van der Waals surface area contributed by atoms with E-state index in [1.165, 1.54) is 6.07 Å². The van der Waals surface area contributed by atoms with E-state index in [0.29, 0.717) is 22.9 Å². The standard InChI is InChI=1S/C17H13F3N4/c1-11-22-15(12-3-2-4-13(9-12)17(18,19)20)10-16(23-11)24-14-5-7-21-8-6-14/h2-10H,1H3,(H,21,22,23,24). The maximum Gasteiger partial charge on any atom is 0.416 e. The topological polar surface area (TPSA) is 50.7 Å². The average molecular weight is 330 g/mol. The molecule has 0 saturated heterocycles. The highest BCUT2D eigenvalue weighted by Gasteiger charge is 2.30. The van der Waals surface area contributed by atoms with E-state index in [0.717, 1.165) is 17.8 Å². The molecule has 3 rings (SSSR count). The van der Waals surface area contributed by atoms with Gasteiger partial charge in [-0.1, -0.05) is 12.1 Å². The molecular formula is C17H13F3N4. The van der Waals surface area contributed by atoms with Crippen molar-refractivity contribution < 1.29 is 13.2 Å². The molecule has 0 radical (unpaired) electrons. The van der Waals surface area contributed by atoms with Crippen LogP contribution in [0.5, 0.6) is 0 Å². The predicted molar refractivity (Wildman–Crippen MR) is 84.7 cm³/mol. The minimum absolute atomic E-state index is 0.383. The zero-order valence-electron chi connectivity index (χ0n) is 12.7. The van der Waals surface area contributed by atoms with Gasteiger partial charge >= 0.3 is 6.18 Å². The molecule has 7 heteroatoms. The number of halogens is 3. The number of hydrogen-bond donors (Lipinski definition) is 1. The third-order valence-electron chi connectivity index (χ3n) is 3.28. The zero-order chi connectivity index (χ0) is 17.2. The van der Waals surface area contributed by atoms with Crippen LogP contribution in [0.15, 0.2) is 54.9 Å². The van der Waals surface area contributed by atoms with Crippen LogP contribution < -0.4 is 5.32 Å². The third kappa shape index (κ3) is 3.68. The molecule has 0 amide bonds. The van der Waals surface area contributed by atoms with Crippen LogP contribution in [0.25, 0.3) is 11.3 Å². The Morgan fingerprint density at radius 1 is 0.958 bits per heavy atom. The summed E-state index contributed by atoms with van der Waals surface area (Å²) in [5.74, 6) is 0.961. The Hall–Kier alpha value is -2.96. The summed E-state index contributed by atoms with van der Waals surface area (Å²) in [7, 11) is 0. The second-order valence-corrected chi connectivity index (χ2v) is 5.13. The smallest absolute Gasteiger partial charge is 0.340 e. The fourth-order valence-electron chi connectivity index (χ4n) is 2.22. The van der Waals surface area contributed by atoms with Crippen molar-refractivity contribution in [3.05, 3.63) is 66.2 Å². The lowest BCUT2D eigenvalue weighted by Gasteiger charge is -2.11. The quantitative estimate of drug-likeness (QED) is 0.762. The number of rotatable bonds is 3. The van der Waals surface area contributed by atoms with Crippen LogP contribution in [0.4, 0.5) is 24.7 Å². The Labute approximate surface area is 136 Å². The van der Waals surface area contributed by atoms with Crippen LogP contribution in [-0.2, 0) is 6.18 Å². The van der Waals surface area contributed by atoms with Gasteiger partial charge in [-0.3, -0.25) is 4.98 Å². The van der Waals surface area contributed by atoms with E-state index >= 15 is 0 Å². The van der Waals surface area contributed by atoms with Crippen molar-refractivity contribution in [2.45, 2.75) is 13.1 Å². The Morgan fingerprint density at radius 3 is 2.42 bits per heavy atom. The van der Waals surface area contributed by atoms with Crippen LogP contribution >= 0.6 is 0 Å². The van der Waals surface area contributed by atoms with Gasteiger partial charge in [0, 0.05) is 29.7 Å². The average Bonchev–Trinajstić information content (AvgIpc) is 2.54. The monoisotopic (exact) mass is 330 g/mol. The van der Waals surface area contributed by atoms with Crippen LogP contribution in [0.3, 0.4) is 0 Å². The second kappa shape index (κ2) is 6.27. The molecule has 0 aliphatic heterocycles. The summed E-state index contributed by atoms with van der Waals surface area (Å²) in [6.07, 6.45) is -1.13. The zero-order valence-corrected chi connectivity index (χ0v) is 12.7. The van der Waals surface area contributed by atoms with E-state index in [1.807, 2.05) is 0 Å². The van der Waals surface area contributed by atoms with E-state index in [1.54, 1.807) is 43.6 Å². The Bertz CT molecular complexity index is 848. The first kappa shape index (κ1) is 15.9. The van der Waals surface area contributed by atoms with Crippen molar-refractivity contribution >= 4 is 11.5 Å². The molecule has 0 bridgehead atoms. The van der Waals surface area contributed by atoms with E-state index in [9.17, 15) is 13.2 Å². The molecule has 2 heterocycles. The highest BCUT2D eigenvalue weighted by Crippen LogP contribution is 2.32. The molecular weight excluding hydrogens is 317 g/mol. The number of alkyl halides is 3. The fraction of sp³-hybridized carbons (Fsp3) is 0.118. The predicted octanol–water partition coefficient (Wildman–Crippen LogP) is 4.61. The van der Waals surface area contributed by atoms with Crippen molar-refractivity contribution in [3.63, 3.8) is 0 Å². The summed E-state index contributed by atoms with van der Waals surface area (Å²) in [5, 5.41) is 3.09. The lowest BCUT2D eigenvalue weighted by atomic mass is 10.1. The highest BCUT2D eigenvalue weighted by atomic mass is 19.4. The largest absolute Gasteiger partial charge is 0.416 e. The van der Waals surface area contributed by atoms with E-state index in [-0.39, 0.29) is 0 Å². The summed E-state index contributed by atoms with van der Waals surface area (Å²) in [6.45, 7) is 1.69. The van der Waals surface area contributed by atoms with Crippen LogP contribution in [0.1, 0.15) is 11.4 Å².